The van der Waals surface area contributed by atoms with Crippen LogP contribution in [0.5, 0.6) is 0 Å². The molecule has 0 saturated carbocycles. The smallest absolute Gasteiger partial charge is 0.475 e. The van der Waals surface area contributed by atoms with E-state index >= 15 is 0 Å². The van der Waals surface area contributed by atoms with Crippen LogP contribution in [0.15, 0.2) is 67.1 Å². The Morgan fingerprint density at radius 3 is 2.42 bits per heavy atom. The number of hydrogen-bond acceptors (Lipinski definition) is 6. The number of carboxylic acid groups (broad SMARTS) is 1. The molecule has 2 aromatic heterocycles. The summed E-state index contributed by atoms with van der Waals surface area (Å²) >= 11 is 0. The number of carboxylic acids is 1. The van der Waals surface area contributed by atoms with Gasteiger partial charge in [-0.25, -0.2) is 9.48 Å². The molecule has 2 aromatic carbocycles. The lowest BCUT2D eigenvalue weighted by molar-refractivity contribution is -0.192. The number of para-hydroxylation sites is 1. The third-order valence-corrected chi connectivity index (χ3v) is 4.19. The van der Waals surface area contributed by atoms with E-state index in [1.165, 1.54) is 0 Å². The summed E-state index contributed by atoms with van der Waals surface area (Å²) in [6.07, 6.45) is 0.190. The Labute approximate surface area is 174 Å². The summed E-state index contributed by atoms with van der Waals surface area (Å²) in [7, 11) is 0. The van der Waals surface area contributed by atoms with Crippen molar-refractivity contribution >= 4 is 17.0 Å². The first-order valence-electron chi connectivity index (χ1n) is 8.95. The van der Waals surface area contributed by atoms with Gasteiger partial charge in [0, 0.05) is 18.0 Å². The Kier molecular flexibility index (Phi) is 6.55. The fourth-order valence-corrected chi connectivity index (χ4v) is 2.72. The number of nitrogens with two attached hydrogens (primary N) is 1. The summed E-state index contributed by atoms with van der Waals surface area (Å²) in [5, 5.41) is 15.5. The van der Waals surface area contributed by atoms with Crippen LogP contribution in [0.4, 0.5) is 13.2 Å². The predicted octanol–water partition coefficient (Wildman–Crippen LogP) is 2.95. The molecule has 1 unspecified atom stereocenters. The molecule has 4 aromatic rings. The summed E-state index contributed by atoms with van der Waals surface area (Å²) in [5.74, 6) is -2.76. The van der Waals surface area contributed by atoms with Crippen LogP contribution in [0.25, 0.3) is 11.0 Å². The zero-order chi connectivity index (χ0) is 22.4. The molecular weight excluding hydrogens is 413 g/mol. The molecular formula is C20H17F3N6O2. The number of carbonyl (C=O) groups is 1. The molecule has 0 fully saturated rings. The lowest BCUT2D eigenvalue weighted by Crippen LogP contribution is -2.21. The number of halogens is 3. The monoisotopic (exact) mass is 430 g/mol. The van der Waals surface area contributed by atoms with Gasteiger partial charge in [-0.15, -0.1) is 5.10 Å². The minimum atomic E-state index is -5.08. The van der Waals surface area contributed by atoms with Crippen molar-refractivity contribution in [1.29, 1.82) is 0 Å². The first-order chi connectivity index (χ1) is 14.8. The predicted molar refractivity (Wildman–Crippen MR) is 105 cm³/mol. The second kappa shape index (κ2) is 9.30. The molecule has 160 valence electrons. The van der Waals surface area contributed by atoms with Gasteiger partial charge in [-0.3, -0.25) is 9.97 Å². The Bertz CT molecular complexity index is 1160. The maximum atomic E-state index is 10.6. The highest BCUT2D eigenvalue weighted by atomic mass is 19.4. The highest BCUT2D eigenvalue weighted by molar-refractivity contribution is 5.77. The minimum Gasteiger partial charge on any atom is -0.475 e. The van der Waals surface area contributed by atoms with Gasteiger partial charge in [0.05, 0.1) is 29.8 Å². The van der Waals surface area contributed by atoms with Crippen molar-refractivity contribution in [2.45, 2.75) is 18.8 Å². The molecule has 0 spiro atoms. The second-order valence-electron chi connectivity index (χ2n) is 6.37. The van der Waals surface area contributed by atoms with Crippen molar-refractivity contribution in [1.82, 2.24) is 25.0 Å². The molecule has 0 aliphatic heterocycles. The van der Waals surface area contributed by atoms with Crippen molar-refractivity contribution in [3.8, 4) is 0 Å². The third kappa shape index (κ3) is 5.60. The summed E-state index contributed by atoms with van der Waals surface area (Å²) in [4.78, 5) is 17.6. The average Bonchev–Trinajstić information content (AvgIpc) is 3.22. The standard InChI is InChI=1S/C18H16N6.C2HF3O2/c19-17(13-5-2-1-3-6-13)16-12-24(23-22-16)11-14-7-4-8-15-18(14)21-10-9-20-15;3-2(4,5)1(6)7/h1-10,12,17H,11,19H2;(H,6,7). The van der Waals surface area contributed by atoms with Crippen LogP contribution in [0.1, 0.15) is 22.9 Å². The number of aromatic nitrogens is 5. The SMILES string of the molecule is NC(c1ccccc1)c1cn(Cc2cccc3nccnc23)nn1.O=C(O)C(F)(F)F. The molecule has 31 heavy (non-hydrogen) atoms. The van der Waals surface area contributed by atoms with E-state index in [-0.39, 0.29) is 6.04 Å². The molecule has 0 bridgehead atoms. The van der Waals surface area contributed by atoms with Gasteiger partial charge in [-0.1, -0.05) is 47.7 Å². The Morgan fingerprint density at radius 2 is 1.74 bits per heavy atom. The van der Waals surface area contributed by atoms with Crippen molar-refractivity contribution in [2.24, 2.45) is 5.73 Å². The van der Waals surface area contributed by atoms with Gasteiger partial charge in [0.1, 0.15) is 5.69 Å². The first kappa shape index (κ1) is 21.8. The van der Waals surface area contributed by atoms with Crippen LogP contribution in [-0.2, 0) is 11.3 Å². The Morgan fingerprint density at radius 1 is 1.06 bits per heavy atom. The zero-order valence-electron chi connectivity index (χ0n) is 15.9. The van der Waals surface area contributed by atoms with Crippen LogP contribution >= 0.6 is 0 Å². The number of nitrogens with zero attached hydrogens (tertiary/aromatic N) is 5. The summed E-state index contributed by atoms with van der Waals surface area (Å²) in [6.45, 7) is 0.574. The van der Waals surface area contributed by atoms with Crippen LogP contribution in [0, 0.1) is 0 Å². The van der Waals surface area contributed by atoms with Gasteiger partial charge in [-0.05, 0) is 11.6 Å². The quantitative estimate of drug-likeness (QED) is 0.511. The molecule has 11 heteroatoms. The maximum Gasteiger partial charge on any atom is 0.490 e. The molecule has 8 nitrogen and oxygen atoms in total. The van der Waals surface area contributed by atoms with E-state index in [1.807, 2.05) is 54.7 Å². The molecule has 0 aliphatic carbocycles. The summed E-state index contributed by atoms with van der Waals surface area (Å²) in [5.41, 5.74) is 10.8. The van der Waals surface area contributed by atoms with E-state index in [9.17, 15) is 13.2 Å². The maximum absolute atomic E-state index is 10.6. The van der Waals surface area contributed by atoms with Crippen LogP contribution in [0.2, 0.25) is 0 Å². The second-order valence-corrected chi connectivity index (χ2v) is 6.37. The summed E-state index contributed by atoms with van der Waals surface area (Å²) in [6, 6.07) is 15.5. The molecule has 2 heterocycles. The third-order valence-electron chi connectivity index (χ3n) is 4.19. The molecule has 0 saturated heterocycles. The number of benzene rings is 2. The van der Waals surface area contributed by atoms with Crippen molar-refractivity contribution < 1.29 is 23.1 Å². The van der Waals surface area contributed by atoms with E-state index in [1.54, 1.807) is 17.1 Å². The van der Waals surface area contributed by atoms with Crippen LogP contribution in [-0.4, -0.2) is 42.2 Å². The Hall–Kier alpha value is -3.86. The van der Waals surface area contributed by atoms with Gasteiger partial charge >= 0.3 is 12.1 Å². The van der Waals surface area contributed by atoms with E-state index in [2.05, 4.69) is 20.3 Å². The average molecular weight is 430 g/mol. The number of alkyl halides is 3. The molecule has 0 amide bonds. The van der Waals surface area contributed by atoms with Gasteiger partial charge < -0.3 is 10.8 Å². The summed E-state index contributed by atoms with van der Waals surface area (Å²) < 4.78 is 33.5. The minimum absolute atomic E-state index is 0.285. The van der Waals surface area contributed by atoms with Crippen molar-refractivity contribution in [3.05, 3.63) is 83.9 Å². The number of fused-ring (bicyclic) bond motifs is 1. The Balaban J connectivity index is 0.000000339. The number of aliphatic carboxylic acids is 1. The highest BCUT2D eigenvalue weighted by Crippen LogP contribution is 2.18. The van der Waals surface area contributed by atoms with Crippen LogP contribution in [0.3, 0.4) is 0 Å². The van der Waals surface area contributed by atoms with E-state index < -0.39 is 12.1 Å². The largest absolute Gasteiger partial charge is 0.490 e. The lowest BCUT2D eigenvalue weighted by Gasteiger charge is -2.07. The zero-order valence-corrected chi connectivity index (χ0v) is 15.9. The van der Waals surface area contributed by atoms with Gasteiger partial charge in [0.25, 0.3) is 0 Å². The van der Waals surface area contributed by atoms with E-state index in [4.69, 9.17) is 15.6 Å². The van der Waals surface area contributed by atoms with Crippen molar-refractivity contribution in [2.75, 3.05) is 0 Å². The lowest BCUT2D eigenvalue weighted by atomic mass is 10.1. The van der Waals surface area contributed by atoms with Crippen LogP contribution < -0.4 is 5.73 Å². The van der Waals surface area contributed by atoms with Crippen molar-refractivity contribution in [3.63, 3.8) is 0 Å². The normalized spacial score (nSPS) is 12.1. The van der Waals surface area contributed by atoms with E-state index in [0.29, 0.717) is 6.54 Å². The molecule has 1 atom stereocenters. The molecule has 3 N–H and O–H groups in total. The van der Waals surface area contributed by atoms with Gasteiger partial charge in [-0.2, -0.15) is 13.2 Å². The van der Waals surface area contributed by atoms with E-state index in [0.717, 1.165) is 27.9 Å². The fraction of sp³-hybridized carbons (Fsp3) is 0.150. The molecule has 0 radical (unpaired) electrons. The topological polar surface area (TPSA) is 120 Å². The number of rotatable bonds is 4. The van der Waals surface area contributed by atoms with Gasteiger partial charge in [0.15, 0.2) is 0 Å². The highest BCUT2D eigenvalue weighted by Gasteiger charge is 2.38. The van der Waals surface area contributed by atoms with Gasteiger partial charge in [0.2, 0.25) is 0 Å². The molecule has 0 aliphatic rings. The molecule has 4 rings (SSSR count). The first-order valence-corrected chi connectivity index (χ1v) is 8.95. The number of hydrogen-bond donors (Lipinski definition) is 2. The fourth-order valence-electron chi connectivity index (χ4n) is 2.72.